The number of hydrogen-bond acceptors (Lipinski definition) is 3. The van der Waals surface area contributed by atoms with Crippen molar-refractivity contribution in [2.45, 2.75) is 33.4 Å². The summed E-state index contributed by atoms with van der Waals surface area (Å²) in [5, 5.41) is 7.34. The smallest absolute Gasteiger partial charge is 0.433 e. The predicted octanol–water partition coefficient (Wildman–Crippen LogP) is 3.20. The van der Waals surface area contributed by atoms with E-state index in [4.69, 9.17) is 15.9 Å². The van der Waals surface area contributed by atoms with Crippen LogP contribution in [0.3, 0.4) is 0 Å². The molecule has 1 rings (SSSR count). The summed E-state index contributed by atoms with van der Waals surface area (Å²) in [5.74, 6) is -0.631. The summed E-state index contributed by atoms with van der Waals surface area (Å²) in [7, 11) is 0. The van der Waals surface area contributed by atoms with Crippen molar-refractivity contribution in [2.24, 2.45) is 11.1 Å². The lowest BCUT2D eigenvalue weighted by Gasteiger charge is -2.19. The summed E-state index contributed by atoms with van der Waals surface area (Å²) in [4.78, 5) is 3.42. The maximum Gasteiger partial charge on any atom is 0.433 e. The van der Waals surface area contributed by atoms with Crippen LogP contribution in [0.5, 0.6) is 5.88 Å². The van der Waals surface area contributed by atoms with E-state index in [0.29, 0.717) is 6.42 Å². The second kappa shape index (κ2) is 5.68. The molecule has 0 aliphatic rings. The number of halogens is 3. The largest absolute Gasteiger partial charge is 0.477 e. The third kappa shape index (κ3) is 4.71. The lowest BCUT2D eigenvalue weighted by Crippen LogP contribution is -2.18. The minimum Gasteiger partial charge on any atom is -0.477 e. The second-order valence-electron chi connectivity index (χ2n) is 5.62. The molecule has 1 aromatic rings. The van der Waals surface area contributed by atoms with Crippen molar-refractivity contribution in [3.8, 4) is 5.88 Å². The monoisotopic (exact) mass is 289 g/mol. The summed E-state index contributed by atoms with van der Waals surface area (Å²) in [6.07, 6.45) is -3.92. The van der Waals surface area contributed by atoms with Crippen molar-refractivity contribution in [2.75, 3.05) is 6.61 Å². The molecule has 0 unspecified atom stereocenters. The quantitative estimate of drug-likeness (QED) is 0.660. The van der Waals surface area contributed by atoms with E-state index in [9.17, 15) is 13.2 Å². The van der Waals surface area contributed by atoms with Gasteiger partial charge in [-0.1, -0.05) is 20.8 Å². The minimum atomic E-state index is -4.56. The van der Waals surface area contributed by atoms with Crippen molar-refractivity contribution < 1.29 is 17.9 Å². The van der Waals surface area contributed by atoms with Crippen LogP contribution < -0.4 is 10.5 Å². The Labute approximate surface area is 115 Å². The van der Waals surface area contributed by atoms with E-state index < -0.39 is 11.9 Å². The minimum absolute atomic E-state index is 0.0158. The first-order chi connectivity index (χ1) is 9.00. The summed E-state index contributed by atoms with van der Waals surface area (Å²) in [6, 6.07) is 1.89. The number of amidine groups is 1. The summed E-state index contributed by atoms with van der Waals surface area (Å²) < 4.78 is 43.1. The highest BCUT2D eigenvalue weighted by Crippen LogP contribution is 2.30. The zero-order valence-corrected chi connectivity index (χ0v) is 11.6. The molecule has 0 aliphatic carbocycles. The van der Waals surface area contributed by atoms with E-state index in [2.05, 4.69) is 4.98 Å². The Balaban J connectivity index is 2.98. The number of nitrogen functional groups attached to an aromatic ring is 1. The highest BCUT2D eigenvalue weighted by atomic mass is 19.4. The van der Waals surface area contributed by atoms with Crippen LogP contribution in [0.2, 0.25) is 0 Å². The van der Waals surface area contributed by atoms with E-state index in [0.717, 1.165) is 12.1 Å². The van der Waals surface area contributed by atoms with Crippen molar-refractivity contribution >= 4 is 5.84 Å². The van der Waals surface area contributed by atoms with E-state index in [-0.39, 0.29) is 29.3 Å². The van der Waals surface area contributed by atoms with Crippen LogP contribution in [0.25, 0.3) is 0 Å². The lowest BCUT2D eigenvalue weighted by atomic mass is 9.93. The maximum atomic E-state index is 12.6. The molecule has 7 heteroatoms. The van der Waals surface area contributed by atoms with Crippen LogP contribution >= 0.6 is 0 Å². The molecular weight excluding hydrogens is 271 g/mol. The molecule has 112 valence electrons. The first-order valence-corrected chi connectivity index (χ1v) is 6.06. The topological polar surface area (TPSA) is 72.0 Å². The standard InChI is InChI=1S/C13H18F3N3O/c1-12(2,3)6-7-20-11-8(10(17)18)4-5-9(19-11)13(14,15)16/h4-5H,6-7H2,1-3H3,(H3,17,18). The van der Waals surface area contributed by atoms with Crippen molar-refractivity contribution in [1.29, 1.82) is 5.41 Å². The molecule has 20 heavy (non-hydrogen) atoms. The Morgan fingerprint density at radius 3 is 2.35 bits per heavy atom. The summed E-state index contributed by atoms with van der Waals surface area (Å²) in [6.45, 7) is 6.17. The van der Waals surface area contributed by atoms with Gasteiger partial charge in [0.05, 0.1) is 12.2 Å². The Hall–Kier alpha value is -1.79. The van der Waals surface area contributed by atoms with Crippen LogP contribution in [0, 0.1) is 10.8 Å². The lowest BCUT2D eigenvalue weighted by molar-refractivity contribution is -0.141. The Morgan fingerprint density at radius 1 is 1.30 bits per heavy atom. The average molecular weight is 289 g/mol. The highest BCUT2D eigenvalue weighted by Gasteiger charge is 2.33. The third-order valence-corrected chi connectivity index (χ3v) is 2.53. The number of nitrogens with two attached hydrogens (primary N) is 1. The van der Waals surface area contributed by atoms with Gasteiger partial charge in [-0.3, -0.25) is 5.41 Å². The second-order valence-corrected chi connectivity index (χ2v) is 5.62. The predicted molar refractivity (Wildman–Crippen MR) is 69.8 cm³/mol. The number of ether oxygens (including phenoxy) is 1. The Kier molecular flexibility index (Phi) is 4.62. The van der Waals surface area contributed by atoms with Gasteiger partial charge in [0.25, 0.3) is 0 Å². The molecule has 3 N–H and O–H groups in total. The molecule has 0 saturated carbocycles. The first-order valence-electron chi connectivity index (χ1n) is 6.06. The molecule has 0 bridgehead atoms. The number of rotatable bonds is 4. The molecular formula is C13H18F3N3O. The number of alkyl halides is 3. The molecule has 0 amide bonds. The van der Waals surface area contributed by atoms with Gasteiger partial charge in [0.2, 0.25) is 5.88 Å². The zero-order valence-electron chi connectivity index (χ0n) is 11.6. The fourth-order valence-electron chi connectivity index (χ4n) is 1.37. The number of pyridine rings is 1. The normalized spacial score (nSPS) is 12.3. The maximum absolute atomic E-state index is 12.6. The van der Waals surface area contributed by atoms with Gasteiger partial charge in [-0.2, -0.15) is 13.2 Å². The van der Waals surface area contributed by atoms with Gasteiger partial charge in [-0.25, -0.2) is 4.98 Å². The number of nitrogens with one attached hydrogen (secondary N) is 1. The summed E-state index contributed by atoms with van der Waals surface area (Å²) >= 11 is 0. The van der Waals surface area contributed by atoms with Gasteiger partial charge in [0.15, 0.2) is 0 Å². The molecule has 1 heterocycles. The molecule has 1 aromatic heterocycles. The first kappa shape index (κ1) is 16.3. The van der Waals surface area contributed by atoms with E-state index in [1.165, 1.54) is 0 Å². The van der Waals surface area contributed by atoms with Crippen molar-refractivity contribution in [1.82, 2.24) is 4.98 Å². The third-order valence-electron chi connectivity index (χ3n) is 2.53. The van der Waals surface area contributed by atoms with Gasteiger partial charge in [0.1, 0.15) is 11.5 Å². The molecule has 4 nitrogen and oxygen atoms in total. The van der Waals surface area contributed by atoms with Gasteiger partial charge in [-0.05, 0) is 24.0 Å². The Morgan fingerprint density at radius 2 is 1.90 bits per heavy atom. The van der Waals surface area contributed by atoms with E-state index in [1.54, 1.807) is 0 Å². The van der Waals surface area contributed by atoms with Crippen molar-refractivity contribution in [3.63, 3.8) is 0 Å². The fourth-order valence-corrected chi connectivity index (χ4v) is 1.37. The fraction of sp³-hybridized carbons (Fsp3) is 0.538. The molecule has 0 spiro atoms. The van der Waals surface area contributed by atoms with E-state index in [1.807, 2.05) is 20.8 Å². The molecule has 0 aromatic carbocycles. The van der Waals surface area contributed by atoms with Gasteiger partial charge in [-0.15, -0.1) is 0 Å². The molecule has 0 aliphatic heterocycles. The van der Waals surface area contributed by atoms with E-state index >= 15 is 0 Å². The van der Waals surface area contributed by atoms with Crippen LogP contribution in [-0.2, 0) is 6.18 Å². The van der Waals surface area contributed by atoms with Gasteiger partial charge >= 0.3 is 6.18 Å². The number of hydrogen-bond donors (Lipinski definition) is 2. The van der Waals surface area contributed by atoms with Crippen LogP contribution in [0.4, 0.5) is 13.2 Å². The van der Waals surface area contributed by atoms with Gasteiger partial charge < -0.3 is 10.5 Å². The zero-order chi connectivity index (χ0) is 15.6. The van der Waals surface area contributed by atoms with Gasteiger partial charge in [0, 0.05) is 0 Å². The SMILES string of the molecule is CC(C)(C)CCOc1nc(C(F)(F)F)ccc1C(=N)N. The number of nitrogens with zero attached hydrogens (tertiary/aromatic N) is 1. The summed E-state index contributed by atoms with van der Waals surface area (Å²) in [5.41, 5.74) is 4.30. The Bertz CT molecular complexity index is 493. The molecule has 0 atom stereocenters. The molecule has 0 radical (unpaired) electrons. The average Bonchev–Trinajstić information content (AvgIpc) is 2.25. The van der Waals surface area contributed by atoms with Crippen LogP contribution in [0.1, 0.15) is 38.4 Å². The van der Waals surface area contributed by atoms with Crippen LogP contribution in [0.15, 0.2) is 12.1 Å². The number of aromatic nitrogens is 1. The molecule has 0 saturated heterocycles. The van der Waals surface area contributed by atoms with Crippen LogP contribution in [-0.4, -0.2) is 17.4 Å². The highest BCUT2D eigenvalue weighted by molar-refractivity contribution is 5.97. The molecule has 0 fully saturated rings. The van der Waals surface area contributed by atoms with Crippen molar-refractivity contribution in [3.05, 3.63) is 23.4 Å².